The van der Waals surface area contributed by atoms with Gasteiger partial charge in [0.2, 0.25) is 5.91 Å². The molecule has 5 nitrogen and oxygen atoms in total. The number of fused-ring (bicyclic) bond motifs is 3. The number of benzene rings is 1. The van der Waals surface area contributed by atoms with E-state index < -0.39 is 0 Å². The summed E-state index contributed by atoms with van der Waals surface area (Å²) in [5.41, 5.74) is 5.64. The molecule has 1 aliphatic heterocycles. The molecule has 0 unspecified atom stereocenters. The van der Waals surface area contributed by atoms with Crippen LogP contribution >= 0.6 is 11.8 Å². The molecule has 0 saturated carbocycles. The number of pyridine rings is 1. The summed E-state index contributed by atoms with van der Waals surface area (Å²) in [5, 5.41) is 10.7. The number of carbonyl (C=O) groups is 1. The van der Waals surface area contributed by atoms with E-state index in [1.165, 1.54) is 33.8 Å². The first-order valence-electron chi connectivity index (χ1n) is 8.71. The number of carbonyl (C=O) groups excluding carboxylic acids is 1. The number of thioether (sulfide) groups is 1. The fourth-order valence-electron chi connectivity index (χ4n) is 3.69. The third-order valence-corrected chi connectivity index (χ3v) is 5.79. The van der Waals surface area contributed by atoms with E-state index in [2.05, 4.69) is 53.6 Å². The van der Waals surface area contributed by atoms with Gasteiger partial charge in [-0.1, -0.05) is 23.4 Å². The maximum absolute atomic E-state index is 12.4. The van der Waals surface area contributed by atoms with Crippen molar-refractivity contribution >= 4 is 34.2 Å². The Hall–Kier alpha value is -2.08. The summed E-state index contributed by atoms with van der Waals surface area (Å²) in [5.74, 6) is 0.615. The van der Waals surface area contributed by atoms with Crippen LogP contribution in [0.1, 0.15) is 29.5 Å². The van der Waals surface area contributed by atoms with Gasteiger partial charge in [0.15, 0.2) is 10.8 Å². The maximum Gasteiger partial charge on any atom is 0.233 e. The van der Waals surface area contributed by atoms with Crippen molar-refractivity contribution in [3.63, 3.8) is 0 Å². The molecule has 0 radical (unpaired) electrons. The number of aromatic nitrogens is 3. The third kappa shape index (κ3) is 2.88. The van der Waals surface area contributed by atoms with Gasteiger partial charge >= 0.3 is 0 Å². The Balaban J connectivity index is 1.75. The highest BCUT2D eigenvalue weighted by Crippen LogP contribution is 2.29. The number of rotatable bonds is 3. The normalized spacial score (nSPS) is 14.8. The molecule has 0 N–H and O–H groups in total. The molecule has 1 aliphatic rings. The lowest BCUT2D eigenvalue weighted by Gasteiger charge is -2.15. The predicted molar refractivity (Wildman–Crippen MR) is 101 cm³/mol. The average Bonchev–Trinajstić information content (AvgIpc) is 3.22. The summed E-state index contributed by atoms with van der Waals surface area (Å²) in [6.45, 7) is 8.13. The van der Waals surface area contributed by atoms with Crippen molar-refractivity contribution in [1.82, 2.24) is 19.5 Å². The van der Waals surface area contributed by atoms with E-state index in [1.54, 1.807) is 0 Å². The molecule has 0 atom stereocenters. The van der Waals surface area contributed by atoms with Crippen molar-refractivity contribution in [2.24, 2.45) is 0 Å². The molecular formula is C19H22N4OS. The molecule has 1 aromatic carbocycles. The van der Waals surface area contributed by atoms with Crippen molar-refractivity contribution in [1.29, 1.82) is 0 Å². The lowest BCUT2D eigenvalue weighted by Crippen LogP contribution is -2.29. The van der Waals surface area contributed by atoms with E-state index in [4.69, 9.17) is 0 Å². The average molecular weight is 354 g/mol. The second-order valence-corrected chi connectivity index (χ2v) is 7.80. The zero-order chi connectivity index (χ0) is 17.6. The molecule has 25 heavy (non-hydrogen) atoms. The van der Waals surface area contributed by atoms with E-state index >= 15 is 0 Å². The Bertz CT molecular complexity index is 973. The van der Waals surface area contributed by atoms with Crippen LogP contribution in [0.2, 0.25) is 0 Å². The highest BCUT2D eigenvalue weighted by atomic mass is 32.2. The Kier molecular flexibility index (Phi) is 4.15. The predicted octanol–water partition coefficient (Wildman–Crippen LogP) is 3.52. The number of hydrogen-bond acceptors (Lipinski definition) is 4. The second kappa shape index (κ2) is 6.33. The molecule has 0 bridgehead atoms. The van der Waals surface area contributed by atoms with Crippen molar-refractivity contribution in [2.75, 3.05) is 18.8 Å². The first-order valence-corrected chi connectivity index (χ1v) is 9.69. The lowest BCUT2D eigenvalue weighted by atomic mass is 10.0. The summed E-state index contributed by atoms with van der Waals surface area (Å²) >= 11 is 1.48. The summed E-state index contributed by atoms with van der Waals surface area (Å²) in [6.07, 6.45) is 2.24. The molecule has 1 amide bonds. The minimum atomic E-state index is 0.197. The van der Waals surface area contributed by atoms with Crippen LogP contribution < -0.4 is 0 Å². The number of hydrogen-bond donors (Lipinski definition) is 0. The number of amides is 1. The van der Waals surface area contributed by atoms with E-state index in [0.717, 1.165) is 42.3 Å². The van der Waals surface area contributed by atoms with Crippen LogP contribution in [0.25, 0.3) is 16.6 Å². The fraction of sp³-hybridized carbons (Fsp3) is 0.421. The van der Waals surface area contributed by atoms with Gasteiger partial charge in [-0.2, -0.15) is 0 Å². The molecule has 0 aliphatic carbocycles. The molecule has 130 valence electrons. The summed E-state index contributed by atoms with van der Waals surface area (Å²) in [4.78, 5) is 14.3. The molecule has 1 saturated heterocycles. The smallest absolute Gasteiger partial charge is 0.233 e. The molecule has 3 heterocycles. The van der Waals surface area contributed by atoms with Gasteiger partial charge in [-0.05, 0) is 56.9 Å². The van der Waals surface area contributed by atoms with E-state index in [9.17, 15) is 4.79 Å². The van der Waals surface area contributed by atoms with Gasteiger partial charge < -0.3 is 4.90 Å². The Morgan fingerprint density at radius 2 is 1.84 bits per heavy atom. The van der Waals surface area contributed by atoms with E-state index in [1.807, 2.05) is 4.90 Å². The monoisotopic (exact) mass is 354 g/mol. The lowest BCUT2D eigenvalue weighted by molar-refractivity contribution is -0.127. The van der Waals surface area contributed by atoms with Crippen LogP contribution in [0.5, 0.6) is 0 Å². The van der Waals surface area contributed by atoms with Gasteiger partial charge in [0.1, 0.15) is 0 Å². The first-order chi connectivity index (χ1) is 12.0. The zero-order valence-electron chi connectivity index (χ0n) is 14.9. The number of aryl methyl sites for hydroxylation is 3. The van der Waals surface area contributed by atoms with Gasteiger partial charge in [-0.25, -0.2) is 0 Å². The van der Waals surface area contributed by atoms with Crippen molar-refractivity contribution in [2.45, 2.75) is 38.8 Å². The highest BCUT2D eigenvalue weighted by molar-refractivity contribution is 7.99. The maximum atomic E-state index is 12.4. The van der Waals surface area contributed by atoms with Crippen LogP contribution in [0.15, 0.2) is 23.4 Å². The molecular weight excluding hydrogens is 332 g/mol. The van der Waals surface area contributed by atoms with Gasteiger partial charge in [-0.3, -0.25) is 9.20 Å². The molecule has 0 spiro atoms. The Labute approximate surface area is 151 Å². The fourth-order valence-corrected chi connectivity index (χ4v) is 4.54. The molecule has 3 aromatic rings. The molecule has 4 rings (SSSR count). The van der Waals surface area contributed by atoms with Crippen LogP contribution in [0.4, 0.5) is 0 Å². The Morgan fingerprint density at radius 3 is 2.60 bits per heavy atom. The van der Waals surface area contributed by atoms with Gasteiger partial charge in [-0.15, -0.1) is 10.2 Å². The second-order valence-electron chi connectivity index (χ2n) is 6.86. The standard InChI is InChI=1S/C19H22N4OS/c1-12-8-14(3)18-15(9-12)13(2)10-16-20-21-19(23(16)18)25-11-17(24)22-6-4-5-7-22/h8-10H,4-7,11H2,1-3H3. The summed E-state index contributed by atoms with van der Waals surface area (Å²) in [6, 6.07) is 6.46. The van der Waals surface area contributed by atoms with Crippen LogP contribution in [0.3, 0.4) is 0 Å². The van der Waals surface area contributed by atoms with Crippen LogP contribution in [-0.2, 0) is 4.79 Å². The largest absolute Gasteiger partial charge is 0.342 e. The van der Waals surface area contributed by atoms with E-state index in [-0.39, 0.29) is 5.91 Å². The highest BCUT2D eigenvalue weighted by Gasteiger charge is 2.20. The first kappa shape index (κ1) is 16.4. The molecule has 6 heteroatoms. The van der Waals surface area contributed by atoms with E-state index in [0.29, 0.717) is 5.75 Å². The molecule has 1 fully saturated rings. The summed E-state index contributed by atoms with van der Waals surface area (Å²) in [7, 11) is 0. The van der Waals surface area contributed by atoms with Crippen LogP contribution in [0, 0.1) is 20.8 Å². The molecule has 2 aromatic heterocycles. The Morgan fingerprint density at radius 1 is 1.08 bits per heavy atom. The van der Waals surface area contributed by atoms with Gasteiger partial charge in [0, 0.05) is 18.5 Å². The summed E-state index contributed by atoms with van der Waals surface area (Å²) < 4.78 is 2.10. The van der Waals surface area contributed by atoms with Crippen molar-refractivity contribution in [3.8, 4) is 0 Å². The van der Waals surface area contributed by atoms with Gasteiger partial charge in [0.05, 0.1) is 11.3 Å². The third-order valence-electron chi connectivity index (χ3n) is 4.88. The number of likely N-dealkylation sites (tertiary alicyclic amines) is 1. The topological polar surface area (TPSA) is 50.5 Å². The zero-order valence-corrected chi connectivity index (χ0v) is 15.7. The number of nitrogens with zero attached hydrogens (tertiary/aromatic N) is 4. The van der Waals surface area contributed by atoms with Gasteiger partial charge in [0.25, 0.3) is 0 Å². The van der Waals surface area contributed by atoms with Crippen molar-refractivity contribution in [3.05, 3.63) is 34.9 Å². The minimum Gasteiger partial charge on any atom is -0.342 e. The SMILES string of the molecule is Cc1cc(C)c2c(c1)c(C)cc1nnc(SCC(=O)N3CCCC3)n12. The quantitative estimate of drug-likeness (QED) is 0.675. The minimum absolute atomic E-state index is 0.197. The van der Waals surface area contributed by atoms with Crippen molar-refractivity contribution < 1.29 is 4.79 Å². The van der Waals surface area contributed by atoms with Crippen LogP contribution in [-0.4, -0.2) is 44.2 Å².